The van der Waals surface area contributed by atoms with Crippen LogP contribution in [0.15, 0.2) is 18.2 Å². The molecular formula is C7H7Cl2NaO3S. The summed E-state index contributed by atoms with van der Waals surface area (Å²) in [6.07, 6.45) is 0. The molecule has 0 unspecified atom stereocenters. The summed E-state index contributed by atoms with van der Waals surface area (Å²) in [5.41, 5.74) is 0.289. The Bertz CT molecular complexity index is 419. The first-order chi connectivity index (χ1) is 5.90. The molecule has 0 bridgehead atoms. The molecule has 0 aliphatic rings. The van der Waals surface area contributed by atoms with E-state index in [4.69, 9.17) is 27.8 Å². The SMILES string of the molecule is O=S(=O)(O)Cc1cccc(Cl)c1Cl.[NaH]. The Labute approximate surface area is 114 Å². The quantitative estimate of drug-likeness (QED) is 0.654. The topological polar surface area (TPSA) is 54.4 Å². The van der Waals surface area contributed by atoms with Gasteiger partial charge < -0.3 is 0 Å². The van der Waals surface area contributed by atoms with Crippen LogP contribution >= 0.6 is 23.2 Å². The van der Waals surface area contributed by atoms with Crippen molar-refractivity contribution < 1.29 is 13.0 Å². The van der Waals surface area contributed by atoms with Gasteiger partial charge in [-0.3, -0.25) is 4.55 Å². The molecular weight excluding hydrogens is 258 g/mol. The van der Waals surface area contributed by atoms with Crippen molar-refractivity contribution in [3.05, 3.63) is 33.8 Å². The number of halogens is 2. The maximum atomic E-state index is 10.5. The predicted molar refractivity (Wildman–Crippen MR) is 58.9 cm³/mol. The fourth-order valence-electron chi connectivity index (χ4n) is 0.856. The zero-order valence-corrected chi connectivity index (χ0v) is 8.70. The average molecular weight is 265 g/mol. The second-order valence-corrected chi connectivity index (χ2v) is 4.68. The van der Waals surface area contributed by atoms with E-state index in [0.717, 1.165) is 0 Å². The van der Waals surface area contributed by atoms with E-state index in [-0.39, 0.29) is 45.2 Å². The minimum atomic E-state index is -4.06. The molecule has 1 aromatic carbocycles. The molecule has 14 heavy (non-hydrogen) atoms. The molecule has 0 aromatic heterocycles. The van der Waals surface area contributed by atoms with E-state index >= 15 is 0 Å². The van der Waals surface area contributed by atoms with E-state index in [1.54, 1.807) is 6.07 Å². The fourth-order valence-corrected chi connectivity index (χ4v) is 1.96. The Morgan fingerprint density at radius 2 is 1.86 bits per heavy atom. The van der Waals surface area contributed by atoms with Crippen LogP contribution in [0.25, 0.3) is 0 Å². The first kappa shape index (κ1) is 14.7. The van der Waals surface area contributed by atoms with Crippen LogP contribution in [0.5, 0.6) is 0 Å². The summed E-state index contributed by atoms with van der Waals surface area (Å²) in [7, 11) is -4.06. The van der Waals surface area contributed by atoms with Crippen molar-refractivity contribution in [2.24, 2.45) is 0 Å². The second kappa shape index (κ2) is 5.70. The Morgan fingerprint density at radius 1 is 1.29 bits per heavy atom. The first-order valence-electron chi connectivity index (χ1n) is 3.28. The van der Waals surface area contributed by atoms with Gasteiger partial charge in [0, 0.05) is 0 Å². The maximum absolute atomic E-state index is 10.5. The molecule has 0 atom stereocenters. The molecule has 1 N–H and O–H groups in total. The zero-order valence-electron chi connectivity index (χ0n) is 6.37. The van der Waals surface area contributed by atoms with Crippen LogP contribution < -0.4 is 0 Å². The van der Waals surface area contributed by atoms with E-state index in [1.165, 1.54) is 12.1 Å². The standard InChI is InChI=1S/C7H6Cl2O3S.Na.H/c8-6-3-1-2-5(7(6)9)4-13(10,11)12;;/h1-3H,4H2,(H,10,11,12);;. The third-order valence-corrected chi connectivity index (χ3v) is 2.90. The summed E-state index contributed by atoms with van der Waals surface area (Å²) in [5.74, 6) is -0.521. The van der Waals surface area contributed by atoms with Crippen LogP contribution in [0.3, 0.4) is 0 Å². The Morgan fingerprint density at radius 3 is 2.36 bits per heavy atom. The van der Waals surface area contributed by atoms with Gasteiger partial charge in [-0.05, 0) is 11.6 Å². The fraction of sp³-hybridized carbons (Fsp3) is 0.143. The second-order valence-electron chi connectivity index (χ2n) is 2.44. The van der Waals surface area contributed by atoms with Crippen molar-refractivity contribution in [3.63, 3.8) is 0 Å². The number of hydrogen-bond acceptors (Lipinski definition) is 2. The van der Waals surface area contributed by atoms with Crippen LogP contribution in [0.1, 0.15) is 5.56 Å². The van der Waals surface area contributed by atoms with Crippen LogP contribution in [-0.4, -0.2) is 42.5 Å². The van der Waals surface area contributed by atoms with Crippen LogP contribution in [-0.2, 0) is 15.9 Å². The molecule has 0 amide bonds. The van der Waals surface area contributed by atoms with Crippen LogP contribution in [0, 0.1) is 0 Å². The molecule has 0 aliphatic carbocycles. The molecule has 1 rings (SSSR count). The first-order valence-corrected chi connectivity index (χ1v) is 5.65. The van der Waals surface area contributed by atoms with Crippen molar-refractivity contribution in [1.82, 2.24) is 0 Å². The molecule has 0 saturated carbocycles. The van der Waals surface area contributed by atoms with Crippen LogP contribution in [0.2, 0.25) is 10.0 Å². The molecule has 74 valence electrons. The number of hydrogen-bond donors (Lipinski definition) is 1. The van der Waals surface area contributed by atoms with Gasteiger partial charge in [0.1, 0.15) is 5.75 Å². The van der Waals surface area contributed by atoms with Gasteiger partial charge in [-0.15, -0.1) is 0 Å². The third kappa shape index (κ3) is 4.49. The van der Waals surface area contributed by atoms with E-state index in [2.05, 4.69) is 0 Å². The molecule has 0 spiro atoms. The molecule has 0 aliphatic heterocycles. The number of rotatable bonds is 2. The third-order valence-electron chi connectivity index (χ3n) is 1.37. The summed E-state index contributed by atoms with van der Waals surface area (Å²) in [6, 6.07) is 4.59. The summed E-state index contributed by atoms with van der Waals surface area (Å²) in [4.78, 5) is 0. The molecule has 7 heteroatoms. The summed E-state index contributed by atoms with van der Waals surface area (Å²) >= 11 is 11.3. The van der Waals surface area contributed by atoms with Gasteiger partial charge in [0.25, 0.3) is 10.1 Å². The molecule has 0 fully saturated rings. The van der Waals surface area contributed by atoms with E-state index in [1.807, 2.05) is 0 Å². The molecule has 1 aromatic rings. The average Bonchev–Trinajstić information content (AvgIpc) is 1.96. The predicted octanol–water partition coefficient (Wildman–Crippen LogP) is 1.73. The number of benzene rings is 1. The Kier molecular flexibility index (Phi) is 5.99. The summed E-state index contributed by atoms with van der Waals surface area (Å²) in [6.45, 7) is 0. The van der Waals surface area contributed by atoms with Gasteiger partial charge in [0.05, 0.1) is 10.0 Å². The van der Waals surface area contributed by atoms with Gasteiger partial charge in [0.15, 0.2) is 0 Å². The molecule has 0 saturated heterocycles. The van der Waals surface area contributed by atoms with Gasteiger partial charge >= 0.3 is 29.6 Å². The molecule has 0 radical (unpaired) electrons. The summed E-state index contributed by atoms with van der Waals surface area (Å²) < 4.78 is 29.6. The van der Waals surface area contributed by atoms with Crippen molar-refractivity contribution in [3.8, 4) is 0 Å². The van der Waals surface area contributed by atoms with E-state index < -0.39 is 15.9 Å². The summed E-state index contributed by atoms with van der Waals surface area (Å²) in [5, 5.41) is 0.421. The Hall–Kier alpha value is 0.710. The van der Waals surface area contributed by atoms with Crippen LogP contribution in [0.4, 0.5) is 0 Å². The zero-order chi connectivity index (χ0) is 10.1. The van der Waals surface area contributed by atoms with Gasteiger partial charge in [-0.2, -0.15) is 8.42 Å². The van der Waals surface area contributed by atoms with Crippen molar-refractivity contribution in [2.75, 3.05) is 0 Å². The molecule has 3 nitrogen and oxygen atoms in total. The monoisotopic (exact) mass is 264 g/mol. The van der Waals surface area contributed by atoms with Crippen molar-refractivity contribution in [1.29, 1.82) is 0 Å². The molecule has 0 heterocycles. The minimum absolute atomic E-state index is 0. The van der Waals surface area contributed by atoms with Gasteiger partial charge in [0.2, 0.25) is 0 Å². The van der Waals surface area contributed by atoms with E-state index in [0.29, 0.717) is 0 Å². The van der Waals surface area contributed by atoms with Crippen molar-refractivity contribution >= 4 is 62.9 Å². The normalized spacial score (nSPS) is 10.8. The van der Waals surface area contributed by atoms with E-state index in [9.17, 15) is 8.42 Å². The Balaban J connectivity index is 0.00000169. The van der Waals surface area contributed by atoms with Crippen molar-refractivity contribution in [2.45, 2.75) is 5.75 Å². The van der Waals surface area contributed by atoms with Gasteiger partial charge in [-0.25, -0.2) is 0 Å². The van der Waals surface area contributed by atoms with Gasteiger partial charge in [-0.1, -0.05) is 35.3 Å².